The van der Waals surface area contributed by atoms with Crippen LogP contribution < -0.4 is 0 Å². The lowest BCUT2D eigenvalue weighted by Gasteiger charge is -2.30. The summed E-state index contributed by atoms with van der Waals surface area (Å²) < 4.78 is 31.0. The number of hydrogen-bond donors (Lipinski definition) is 1. The first kappa shape index (κ1) is 15.7. The maximum Gasteiger partial charge on any atom is 0.306 e. The molecule has 21 heavy (non-hydrogen) atoms. The van der Waals surface area contributed by atoms with Crippen molar-refractivity contribution in [3.05, 3.63) is 41.3 Å². The number of aliphatic carboxylic acids is 1. The molecule has 1 saturated heterocycles. The molecule has 1 aromatic carbocycles. The number of carboxylic acid groups (broad SMARTS) is 1. The Labute approximate surface area is 123 Å². The lowest BCUT2D eigenvalue weighted by Crippen LogP contribution is -2.45. The number of benzene rings is 1. The van der Waals surface area contributed by atoms with E-state index in [2.05, 4.69) is 0 Å². The smallest absolute Gasteiger partial charge is 0.306 e. The van der Waals surface area contributed by atoms with Gasteiger partial charge >= 0.3 is 5.97 Å². The number of rotatable bonds is 5. The molecule has 0 spiro atoms. The molecular formula is C14H17NO5S. The minimum atomic E-state index is -3.57. The molecule has 6 nitrogen and oxygen atoms in total. The lowest BCUT2D eigenvalue weighted by atomic mass is 10.2. The van der Waals surface area contributed by atoms with Gasteiger partial charge in [-0.25, -0.2) is 8.42 Å². The monoisotopic (exact) mass is 311 g/mol. The number of ether oxygens (including phenoxy) is 1. The van der Waals surface area contributed by atoms with Crippen LogP contribution in [-0.2, 0) is 19.6 Å². The third-order valence-electron chi connectivity index (χ3n) is 3.10. The first-order valence-corrected chi connectivity index (χ1v) is 8.04. The molecule has 114 valence electrons. The van der Waals surface area contributed by atoms with Crippen molar-refractivity contribution in [2.24, 2.45) is 0 Å². The van der Waals surface area contributed by atoms with Crippen LogP contribution in [0.3, 0.4) is 0 Å². The molecular weight excluding hydrogens is 294 g/mol. The van der Waals surface area contributed by atoms with Gasteiger partial charge in [0.25, 0.3) is 0 Å². The maximum atomic E-state index is 12.2. The van der Waals surface area contributed by atoms with Crippen LogP contribution in [-0.4, -0.2) is 49.6 Å². The van der Waals surface area contributed by atoms with Gasteiger partial charge in [0.1, 0.15) is 0 Å². The highest BCUT2D eigenvalue weighted by molar-refractivity contribution is 7.92. The molecule has 0 radical (unpaired) electrons. The third-order valence-corrected chi connectivity index (χ3v) is 4.63. The lowest BCUT2D eigenvalue weighted by molar-refractivity contribution is -0.141. The summed E-state index contributed by atoms with van der Waals surface area (Å²) in [5.41, 5.74) is 0.788. The van der Waals surface area contributed by atoms with Gasteiger partial charge in [0, 0.05) is 18.5 Å². The fourth-order valence-electron chi connectivity index (χ4n) is 2.06. The van der Waals surface area contributed by atoms with E-state index >= 15 is 0 Å². The van der Waals surface area contributed by atoms with Crippen LogP contribution in [0.15, 0.2) is 35.7 Å². The Bertz CT molecular complexity index is 612. The molecule has 1 fully saturated rings. The molecule has 2 rings (SSSR count). The Hall–Kier alpha value is -1.70. The molecule has 1 aliphatic rings. The predicted molar refractivity (Wildman–Crippen MR) is 78.0 cm³/mol. The fraction of sp³-hybridized carbons (Fsp3) is 0.357. The van der Waals surface area contributed by atoms with E-state index in [4.69, 9.17) is 9.84 Å². The van der Waals surface area contributed by atoms with E-state index < -0.39 is 22.1 Å². The standard InChI is InChI=1S/C14H17NO5S/c16-14(17)10-13-11-15(7-8-20-13)21(18,19)9-6-12-4-2-1-3-5-12/h1-6,9,13H,7-8,10-11H2,(H,16,17). The fourth-order valence-corrected chi connectivity index (χ4v) is 3.26. The number of carbonyl (C=O) groups is 1. The number of hydrogen-bond acceptors (Lipinski definition) is 4. The summed E-state index contributed by atoms with van der Waals surface area (Å²) in [6, 6.07) is 9.11. The van der Waals surface area contributed by atoms with Crippen molar-refractivity contribution in [1.29, 1.82) is 0 Å². The van der Waals surface area contributed by atoms with Crippen molar-refractivity contribution in [1.82, 2.24) is 4.31 Å². The van der Waals surface area contributed by atoms with Crippen LogP contribution in [0.4, 0.5) is 0 Å². The number of morpholine rings is 1. The SMILES string of the molecule is O=C(O)CC1CN(S(=O)(=O)C=Cc2ccccc2)CCO1. The van der Waals surface area contributed by atoms with Crippen molar-refractivity contribution in [3.63, 3.8) is 0 Å². The topological polar surface area (TPSA) is 83.9 Å². The molecule has 0 aromatic heterocycles. The molecule has 1 heterocycles. The highest BCUT2D eigenvalue weighted by atomic mass is 32.2. The molecule has 1 unspecified atom stereocenters. The normalized spacial score (nSPS) is 20.7. The molecule has 7 heteroatoms. The molecule has 0 saturated carbocycles. The average Bonchev–Trinajstić information content (AvgIpc) is 2.46. The van der Waals surface area contributed by atoms with Gasteiger partial charge in [-0.05, 0) is 11.6 Å². The van der Waals surface area contributed by atoms with E-state index in [9.17, 15) is 13.2 Å². The minimum Gasteiger partial charge on any atom is -0.481 e. The predicted octanol–water partition coefficient (Wildman–Crippen LogP) is 1.16. The minimum absolute atomic E-state index is 0.0633. The van der Waals surface area contributed by atoms with E-state index in [1.54, 1.807) is 12.1 Å². The van der Waals surface area contributed by atoms with Crippen LogP contribution in [0.25, 0.3) is 6.08 Å². The number of sulfonamides is 1. The Balaban J connectivity index is 2.05. The number of nitrogens with zero attached hydrogens (tertiary/aromatic N) is 1. The van der Waals surface area contributed by atoms with Crippen LogP contribution >= 0.6 is 0 Å². The Morgan fingerprint density at radius 3 is 2.76 bits per heavy atom. The number of carboxylic acids is 1. The summed E-state index contributed by atoms with van der Waals surface area (Å²) in [7, 11) is -3.57. The van der Waals surface area contributed by atoms with E-state index in [1.165, 1.54) is 10.4 Å². The second-order valence-corrected chi connectivity index (χ2v) is 6.53. The van der Waals surface area contributed by atoms with Crippen molar-refractivity contribution in [2.45, 2.75) is 12.5 Å². The summed E-state index contributed by atoms with van der Waals surface area (Å²) in [5, 5.41) is 9.89. The van der Waals surface area contributed by atoms with Gasteiger partial charge < -0.3 is 9.84 Å². The molecule has 0 amide bonds. The maximum absolute atomic E-state index is 12.2. The zero-order chi connectivity index (χ0) is 15.3. The molecule has 0 aliphatic carbocycles. The van der Waals surface area contributed by atoms with Crippen LogP contribution in [0.1, 0.15) is 12.0 Å². The molecule has 1 aliphatic heterocycles. The van der Waals surface area contributed by atoms with Gasteiger partial charge in [-0.1, -0.05) is 30.3 Å². The zero-order valence-corrected chi connectivity index (χ0v) is 12.2. The van der Waals surface area contributed by atoms with Gasteiger partial charge in [-0.2, -0.15) is 4.31 Å². The van der Waals surface area contributed by atoms with E-state index in [0.29, 0.717) is 0 Å². The summed E-state index contributed by atoms with van der Waals surface area (Å²) in [4.78, 5) is 10.7. The Morgan fingerprint density at radius 1 is 1.38 bits per heavy atom. The van der Waals surface area contributed by atoms with Crippen molar-refractivity contribution < 1.29 is 23.1 Å². The highest BCUT2D eigenvalue weighted by Crippen LogP contribution is 2.15. The van der Waals surface area contributed by atoms with Crippen molar-refractivity contribution >= 4 is 22.1 Å². The molecule has 0 bridgehead atoms. The summed E-state index contributed by atoms with van der Waals surface area (Å²) in [6.07, 6.45) is 0.724. The Kier molecular flexibility index (Phi) is 5.11. The molecule has 1 aromatic rings. The van der Waals surface area contributed by atoms with Crippen molar-refractivity contribution in [2.75, 3.05) is 19.7 Å². The average molecular weight is 311 g/mol. The summed E-state index contributed by atoms with van der Waals surface area (Å²) in [6.45, 7) is 0.502. The zero-order valence-electron chi connectivity index (χ0n) is 11.4. The van der Waals surface area contributed by atoms with Crippen LogP contribution in [0, 0.1) is 0 Å². The van der Waals surface area contributed by atoms with Crippen molar-refractivity contribution in [3.8, 4) is 0 Å². The second-order valence-electron chi connectivity index (χ2n) is 4.71. The Morgan fingerprint density at radius 2 is 2.10 bits per heavy atom. The van der Waals surface area contributed by atoms with E-state index in [-0.39, 0.29) is 26.1 Å². The first-order valence-electron chi connectivity index (χ1n) is 6.54. The first-order chi connectivity index (χ1) is 9.97. The third kappa shape index (κ3) is 4.66. The molecule has 1 N–H and O–H groups in total. The van der Waals surface area contributed by atoms with Crippen LogP contribution in [0.5, 0.6) is 0 Å². The largest absolute Gasteiger partial charge is 0.481 e. The van der Waals surface area contributed by atoms with Gasteiger partial charge in [-0.3, -0.25) is 4.79 Å². The van der Waals surface area contributed by atoms with Gasteiger partial charge in [-0.15, -0.1) is 0 Å². The second kappa shape index (κ2) is 6.84. The van der Waals surface area contributed by atoms with Gasteiger partial charge in [0.2, 0.25) is 10.0 Å². The van der Waals surface area contributed by atoms with E-state index in [1.807, 2.05) is 18.2 Å². The van der Waals surface area contributed by atoms with Gasteiger partial charge in [0.05, 0.1) is 19.1 Å². The molecule has 1 atom stereocenters. The van der Waals surface area contributed by atoms with Crippen LogP contribution in [0.2, 0.25) is 0 Å². The van der Waals surface area contributed by atoms with E-state index in [0.717, 1.165) is 11.0 Å². The summed E-state index contributed by atoms with van der Waals surface area (Å²) >= 11 is 0. The summed E-state index contributed by atoms with van der Waals surface area (Å²) in [5.74, 6) is -1.00. The highest BCUT2D eigenvalue weighted by Gasteiger charge is 2.29. The quantitative estimate of drug-likeness (QED) is 0.882. The van der Waals surface area contributed by atoms with Gasteiger partial charge in [0.15, 0.2) is 0 Å².